The normalized spacial score (nSPS) is 15.5. The molecule has 0 fully saturated rings. The van der Waals surface area contributed by atoms with Crippen LogP contribution in [0.1, 0.15) is 20.8 Å². The standard InChI is InChI=1S/C9H16O2/c1-8(2)5-6-9(3,10)7-11-4/h8,10H,7H2,1-4H3. The summed E-state index contributed by atoms with van der Waals surface area (Å²) in [5.74, 6) is 5.92. The van der Waals surface area contributed by atoms with Crippen LogP contribution < -0.4 is 0 Å². The van der Waals surface area contributed by atoms with Gasteiger partial charge >= 0.3 is 0 Å². The Kier molecular flexibility index (Phi) is 4.17. The topological polar surface area (TPSA) is 29.5 Å². The highest BCUT2D eigenvalue weighted by Crippen LogP contribution is 2.01. The molecule has 1 N–H and O–H groups in total. The number of hydrogen-bond donors (Lipinski definition) is 1. The molecule has 1 unspecified atom stereocenters. The molecule has 0 heterocycles. The zero-order valence-corrected chi connectivity index (χ0v) is 7.64. The molecule has 0 spiro atoms. The van der Waals surface area contributed by atoms with Crippen molar-refractivity contribution in [1.82, 2.24) is 0 Å². The summed E-state index contributed by atoms with van der Waals surface area (Å²) in [5, 5.41) is 9.46. The van der Waals surface area contributed by atoms with Gasteiger partial charge in [0.15, 0.2) is 0 Å². The summed E-state index contributed by atoms with van der Waals surface area (Å²) in [6.07, 6.45) is 0. The third-order valence-electron chi connectivity index (χ3n) is 1.06. The van der Waals surface area contributed by atoms with Crippen molar-refractivity contribution in [1.29, 1.82) is 0 Å². The Morgan fingerprint density at radius 3 is 2.45 bits per heavy atom. The summed E-state index contributed by atoms with van der Waals surface area (Å²) in [7, 11) is 1.55. The fourth-order valence-corrected chi connectivity index (χ4v) is 0.617. The quantitative estimate of drug-likeness (QED) is 0.605. The largest absolute Gasteiger partial charge is 0.381 e. The summed E-state index contributed by atoms with van der Waals surface area (Å²) >= 11 is 0. The first-order chi connectivity index (χ1) is 4.98. The summed E-state index contributed by atoms with van der Waals surface area (Å²) in [5.41, 5.74) is -1.00. The molecule has 0 aliphatic carbocycles. The van der Waals surface area contributed by atoms with Crippen LogP contribution in [0, 0.1) is 17.8 Å². The van der Waals surface area contributed by atoms with Crippen molar-refractivity contribution in [3.8, 4) is 11.8 Å². The lowest BCUT2D eigenvalue weighted by Gasteiger charge is -2.14. The van der Waals surface area contributed by atoms with Gasteiger partial charge < -0.3 is 9.84 Å². The zero-order valence-electron chi connectivity index (χ0n) is 7.64. The monoisotopic (exact) mass is 156 g/mol. The van der Waals surface area contributed by atoms with E-state index in [1.807, 2.05) is 13.8 Å². The van der Waals surface area contributed by atoms with E-state index in [9.17, 15) is 5.11 Å². The Labute approximate surface area is 68.6 Å². The molecule has 0 saturated heterocycles. The predicted octanol–water partition coefficient (Wildman–Crippen LogP) is 1.04. The number of rotatable bonds is 2. The number of ether oxygens (including phenoxy) is 1. The van der Waals surface area contributed by atoms with Crippen molar-refractivity contribution in [2.45, 2.75) is 26.4 Å². The van der Waals surface area contributed by atoms with Crippen LogP contribution in [-0.4, -0.2) is 24.4 Å². The molecule has 0 aromatic rings. The third kappa shape index (κ3) is 5.90. The SMILES string of the molecule is COCC(C)(O)C#CC(C)C. The molecule has 1 atom stereocenters. The van der Waals surface area contributed by atoms with E-state index in [-0.39, 0.29) is 6.61 Å². The molecule has 0 aliphatic rings. The Balaban J connectivity index is 4.02. The smallest absolute Gasteiger partial charge is 0.145 e. The molecule has 0 bridgehead atoms. The molecule has 0 amide bonds. The van der Waals surface area contributed by atoms with Gasteiger partial charge in [-0.2, -0.15) is 0 Å². The van der Waals surface area contributed by atoms with Gasteiger partial charge in [-0.25, -0.2) is 0 Å². The van der Waals surface area contributed by atoms with Gasteiger partial charge in [-0.3, -0.25) is 0 Å². The zero-order chi connectivity index (χ0) is 8.91. The van der Waals surface area contributed by atoms with Crippen molar-refractivity contribution < 1.29 is 9.84 Å². The fourth-order valence-electron chi connectivity index (χ4n) is 0.617. The summed E-state index contributed by atoms with van der Waals surface area (Å²) in [6.45, 7) is 5.87. The summed E-state index contributed by atoms with van der Waals surface area (Å²) in [6, 6.07) is 0. The van der Waals surface area contributed by atoms with E-state index in [0.717, 1.165) is 0 Å². The molecule has 64 valence electrons. The van der Waals surface area contributed by atoms with Gasteiger partial charge in [0.1, 0.15) is 5.60 Å². The van der Waals surface area contributed by atoms with E-state index in [0.29, 0.717) is 5.92 Å². The van der Waals surface area contributed by atoms with Gasteiger partial charge in [-0.05, 0) is 6.92 Å². The Morgan fingerprint density at radius 2 is 2.09 bits per heavy atom. The van der Waals surface area contributed by atoms with Gasteiger partial charge in [-0.1, -0.05) is 25.7 Å². The minimum atomic E-state index is -1.00. The molecular weight excluding hydrogens is 140 g/mol. The summed E-state index contributed by atoms with van der Waals surface area (Å²) < 4.78 is 4.79. The minimum Gasteiger partial charge on any atom is -0.381 e. The Morgan fingerprint density at radius 1 is 1.55 bits per heavy atom. The van der Waals surface area contributed by atoms with Crippen molar-refractivity contribution in [3.63, 3.8) is 0 Å². The molecule has 0 saturated carbocycles. The highest BCUT2D eigenvalue weighted by Gasteiger charge is 2.15. The van der Waals surface area contributed by atoms with Crippen LogP contribution in [0.4, 0.5) is 0 Å². The summed E-state index contributed by atoms with van der Waals surface area (Å²) in [4.78, 5) is 0. The molecule has 11 heavy (non-hydrogen) atoms. The Bertz CT molecular complexity index is 160. The van der Waals surface area contributed by atoms with Crippen LogP contribution in [0.5, 0.6) is 0 Å². The lowest BCUT2D eigenvalue weighted by molar-refractivity contribution is 0.0273. The second kappa shape index (κ2) is 4.38. The van der Waals surface area contributed by atoms with E-state index < -0.39 is 5.60 Å². The minimum absolute atomic E-state index is 0.257. The van der Waals surface area contributed by atoms with Crippen molar-refractivity contribution in [3.05, 3.63) is 0 Å². The molecule has 2 heteroatoms. The van der Waals surface area contributed by atoms with E-state index in [1.54, 1.807) is 14.0 Å². The molecule has 0 aliphatic heterocycles. The van der Waals surface area contributed by atoms with Gasteiger partial charge in [0.25, 0.3) is 0 Å². The third-order valence-corrected chi connectivity index (χ3v) is 1.06. The molecule has 0 rings (SSSR count). The number of methoxy groups -OCH3 is 1. The lowest BCUT2D eigenvalue weighted by atomic mass is 10.1. The molecular formula is C9H16O2. The highest BCUT2D eigenvalue weighted by molar-refractivity contribution is 5.13. The maximum Gasteiger partial charge on any atom is 0.145 e. The van der Waals surface area contributed by atoms with Crippen molar-refractivity contribution in [2.75, 3.05) is 13.7 Å². The molecule has 0 aromatic heterocycles. The van der Waals surface area contributed by atoms with E-state index in [1.165, 1.54) is 0 Å². The maximum absolute atomic E-state index is 9.46. The second-order valence-electron chi connectivity index (χ2n) is 3.13. The van der Waals surface area contributed by atoms with Crippen LogP contribution in [0.2, 0.25) is 0 Å². The predicted molar refractivity (Wildman–Crippen MR) is 45.1 cm³/mol. The fraction of sp³-hybridized carbons (Fsp3) is 0.778. The van der Waals surface area contributed by atoms with Crippen LogP contribution in [0.3, 0.4) is 0 Å². The van der Waals surface area contributed by atoms with Crippen LogP contribution in [0.15, 0.2) is 0 Å². The van der Waals surface area contributed by atoms with Crippen molar-refractivity contribution in [2.24, 2.45) is 5.92 Å². The van der Waals surface area contributed by atoms with Crippen LogP contribution >= 0.6 is 0 Å². The van der Waals surface area contributed by atoms with Crippen molar-refractivity contribution >= 4 is 0 Å². The van der Waals surface area contributed by atoms with E-state index in [2.05, 4.69) is 11.8 Å². The maximum atomic E-state index is 9.46. The lowest BCUT2D eigenvalue weighted by Crippen LogP contribution is -2.27. The van der Waals surface area contributed by atoms with Gasteiger partial charge in [-0.15, -0.1) is 0 Å². The first-order valence-electron chi connectivity index (χ1n) is 3.72. The van der Waals surface area contributed by atoms with Crippen LogP contribution in [-0.2, 0) is 4.74 Å². The first kappa shape index (κ1) is 10.5. The average molecular weight is 156 g/mol. The molecule has 0 aromatic carbocycles. The molecule has 0 radical (unpaired) electrons. The highest BCUT2D eigenvalue weighted by atomic mass is 16.5. The first-order valence-corrected chi connectivity index (χ1v) is 3.72. The van der Waals surface area contributed by atoms with E-state index in [4.69, 9.17) is 4.74 Å². The average Bonchev–Trinajstić information content (AvgIpc) is 1.84. The van der Waals surface area contributed by atoms with Gasteiger partial charge in [0.2, 0.25) is 0 Å². The van der Waals surface area contributed by atoms with Crippen LogP contribution in [0.25, 0.3) is 0 Å². The van der Waals surface area contributed by atoms with Gasteiger partial charge in [0, 0.05) is 13.0 Å². The number of aliphatic hydroxyl groups is 1. The second-order valence-corrected chi connectivity index (χ2v) is 3.13. The van der Waals surface area contributed by atoms with E-state index >= 15 is 0 Å². The Hall–Kier alpha value is -0.520. The molecule has 2 nitrogen and oxygen atoms in total. The number of hydrogen-bond acceptors (Lipinski definition) is 2. The van der Waals surface area contributed by atoms with Gasteiger partial charge in [0.05, 0.1) is 6.61 Å².